The third-order valence-corrected chi connectivity index (χ3v) is 3.47. The summed E-state index contributed by atoms with van der Waals surface area (Å²) in [6, 6.07) is 3.31. The lowest BCUT2D eigenvalue weighted by Gasteiger charge is -2.15. The molecular weight excluding hydrogens is 286 g/mol. The van der Waals surface area contributed by atoms with E-state index in [4.69, 9.17) is 14.6 Å². The summed E-state index contributed by atoms with van der Waals surface area (Å²) < 4.78 is 10.4. The van der Waals surface area contributed by atoms with E-state index in [1.807, 2.05) is 6.92 Å². The number of rotatable bonds is 8. The Hall–Kier alpha value is -2.24. The zero-order chi connectivity index (χ0) is 16.7. The van der Waals surface area contributed by atoms with Crippen LogP contribution in [0.2, 0.25) is 0 Å². The smallest absolute Gasteiger partial charge is 0.308 e. The quantitative estimate of drug-likeness (QED) is 0.769. The van der Waals surface area contributed by atoms with Gasteiger partial charge in [-0.25, -0.2) is 0 Å². The van der Waals surface area contributed by atoms with Crippen molar-refractivity contribution < 1.29 is 24.2 Å². The molecule has 0 saturated heterocycles. The lowest BCUT2D eigenvalue weighted by atomic mass is 10.0. The van der Waals surface area contributed by atoms with Gasteiger partial charge in [-0.2, -0.15) is 0 Å². The second-order valence-corrected chi connectivity index (χ2v) is 5.06. The number of carbonyl (C=O) groups excluding carboxylic acids is 1. The van der Waals surface area contributed by atoms with Crippen LogP contribution < -0.4 is 14.8 Å². The van der Waals surface area contributed by atoms with Crippen LogP contribution >= 0.6 is 0 Å². The molecule has 1 amide bonds. The lowest BCUT2D eigenvalue weighted by molar-refractivity contribution is -0.141. The van der Waals surface area contributed by atoms with Crippen molar-refractivity contribution in [1.29, 1.82) is 0 Å². The van der Waals surface area contributed by atoms with Gasteiger partial charge in [0.25, 0.3) is 5.91 Å². The number of benzene rings is 1. The average Bonchev–Trinajstić information content (AvgIpc) is 2.50. The van der Waals surface area contributed by atoms with Crippen molar-refractivity contribution in [3.05, 3.63) is 23.3 Å². The SMILES string of the molecule is CCCC(CNC(=O)c1cc(OC)c(OC)cc1C)C(=O)O. The Morgan fingerprint density at radius 3 is 2.32 bits per heavy atom. The van der Waals surface area contributed by atoms with E-state index in [0.717, 1.165) is 12.0 Å². The fraction of sp³-hybridized carbons (Fsp3) is 0.500. The predicted octanol–water partition coefficient (Wildman–Crippen LogP) is 2.24. The minimum absolute atomic E-state index is 0.107. The van der Waals surface area contributed by atoms with Crippen LogP contribution in [0.1, 0.15) is 35.7 Å². The van der Waals surface area contributed by atoms with E-state index in [1.165, 1.54) is 14.2 Å². The summed E-state index contributed by atoms with van der Waals surface area (Å²) in [5, 5.41) is 11.8. The minimum Gasteiger partial charge on any atom is -0.493 e. The number of aryl methyl sites for hydroxylation is 1. The van der Waals surface area contributed by atoms with Gasteiger partial charge in [0.2, 0.25) is 0 Å². The maximum absolute atomic E-state index is 12.3. The average molecular weight is 309 g/mol. The molecular formula is C16H23NO5. The van der Waals surface area contributed by atoms with E-state index in [2.05, 4.69) is 5.32 Å². The molecule has 6 nitrogen and oxygen atoms in total. The first-order valence-electron chi connectivity index (χ1n) is 7.18. The topological polar surface area (TPSA) is 84.9 Å². The molecule has 0 aliphatic heterocycles. The third kappa shape index (κ3) is 4.38. The molecule has 0 saturated carbocycles. The molecule has 1 aromatic carbocycles. The van der Waals surface area contributed by atoms with Gasteiger partial charge in [0.15, 0.2) is 11.5 Å². The Labute approximate surface area is 130 Å². The van der Waals surface area contributed by atoms with Gasteiger partial charge >= 0.3 is 5.97 Å². The first-order valence-corrected chi connectivity index (χ1v) is 7.18. The second-order valence-electron chi connectivity index (χ2n) is 5.06. The van der Waals surface area contributed by atoms with E-state index in [9.17, 15) is 9.59 Å². The highest BCUT2D eigenvalue weighted by atomic mass is 16.5. The number of carboxylic acids is 1. The summed E-state index contributed by atoms with van der Waals surface area (Å²) in [7, 11) is 3.02. The Morgan fingerprint density at radius 1 is 1.23 bits per heavy atom. The first-order chi connectivity index (χ1) is 10.4. The molecule has 2 N–H and O–H groups in total. The van der Waals surface area contributed by atoms with Crippen LogP contribution in [0.4, 0.5) is 0 Å². The summed E-state index contributed by atoms with van der Waals surface area (Å²) >= 11 is 0. The molecule has 22 heavy (non-hydrogen) atoms. The normalized spacial score (nSPS) is 11.6. The standard InChI is InChI=1S/C16H23NO5/c1-5-6-11(16(19)20)9-17-15(18)12-8-14(22-4)13(21-3)7-10(12)2/h7-8,11H,5-6,9H2,1-4H3,(H,17,18)(H,19,20). The number of hydrogen-bond donors (Lipinski definition) is 2. The fourth-order valence-electron chi connectivity index (χ4n) is 2.20. The van der Waals surface area contributed by atoms with Gasteiger partial charge < -0.3 is 19.9 Å². The lowest BCUT2D eigenvalue weighted by Crippen LogP contribution is -2.33. The Bertz CT molecular complexity index is 542. The molecule has 1 atom stereocenters. The highest BCUT2D eigenvalue weighted by molar-refractivity contribution is 5.96. The van der Waals surface area contributed by atoms with Crippen molar-refractivity contribution in [3.63, 3.8) is 0 Å². The summed E-state index contributed by atoms with van der Waals surface area (Å²) in [5.41, 5.74) is 1.18. The summed E-state index contributed by atoms with van der Waals surface area (Å²) in [6.07, 6.45) is 1.28. The molecule has 1 unspecified atom stereocenters. The minimum atomic E-state index is -0.897. The van der Waals surface area contributed by atoms with Crippen molar-refractivity contribution in [2.45, 2.75) is 26.7 Å². The van der Waals surface area contributed by atoms with E-state index < -0.39 is 11.9 Å². The van der Waals surface area contributed by atoms with E-state index in [0.29, 0.717) is 23.5 Å². The number of carbonyl (C=O) groups is 2. The molecule has 122 valence electrons. The number of hydrogen-bond acceptors (Lipinski definition) is 4. The molecule has 0 fully saturated rings. The summed E-state index contributed by atoms with van der Waals surface area (Å²) in [4.78, 5) is 23.4. The van der Waals surface area contributed by atoms with Gasteiger partial charge in [-0.15, -0.1) is 0 Å². The number of aliphatic carboxylic acids is 1. The molecule has 1 rings (SSSR count). The van der Waals surface area contributed by atoms with E-state index >= 15 is 0 Å². The number of carboxylic acid groups (broad SMARTS) is 1. The molecule has 0 heterocycles. The first kappa shape index (κ1) is 17.8. The second kappa shape index (κ2) is 8.26. The Morgan fingerprint density at radius 2 is 1.82 bits per heavy atom. The van der Waals surface area contributed by atoms with Gasteiger partial charge in [-0.1, -0.05) is 13.3 Å². The van der Waals surface area contributed by atoms with Crippen LogP contribution in [-0.4, -0.2) is 37.7 Å². The Balaban J connectivity index is 2.87. The summed E-state index contributed by atoms with van der Waals surface area (Å²) in [6.45, 7) is 3.81. The molecule has 0 aliphatic carbocycles. The number of amides is 1. The van der Waals surface area contributed by atoms with Crippen LogP contribution in [0.25, 0.3) is 0 Å². The van der Waals surface area contributed by atoms with Crippen LogP contribution in [-0.2, 0) is 4.79 Å². The number of nitrogens with one attached hydrogen (secondary N) is 1. The largest absolute Gasteiger partial charge is 0.493 e. The maximum atomic E-state index is 12.3. The van der Waals surface area contributed by atoms with Gasteiger partial charge in [0.05, 0.1) is 20.1 Å². The molecule has 6 heteroatoms. The van der Waals surface area contributed by atoms with Crippen LogP contribution in [0.3, 0.4) is 0 Å². The Kier molecular flexibility index (Phi) is 6.69. The zero-order valence-electron chi connectivity index (χ0n) is 13.4. The number of methoxy groups -OCH3 is 2. The predicted molar refractivity (Wildman–Crippen MR) is 82.7 cm³/mol. The molecule has 0 bridgehead atoms. The molecule has 0 spiro atoms. The van der Waals surface area contributed by atoms with Crippen molar-refractivity contribution in [1.82, 2.24) is 5.32 Å². The molecule has 0 radical (unpaired) electrons. The monoisotopic (exact) mass is 309 g/mol. The van der Waals surface area contributed by atoms with Gasteiger partial charge in [-0.3, -0.25) is 9.59 Å². The zero-order valence-corrected chi connectivity index (χ0v) is 13.4. The van der Waals surface area contributed by atoms with Crippen molar-refractivity contribution >= 4 is 11.9 Å². The van der Waals surface area contributed by atoms with Crippen molar-refractivity contribution in [3.8, 4) is 11.5 Å². The maximum Gasteiger partial charge on any atom is 0.308 e. The van der Waals surface area contributed by atoms with Crippen molar-refractivity contribution in [2.75, 3.05) is 20.8 Å². The van der Waals surface area contributed by atoms with E-state index in [-0.39, 0.29) is 12.5 Å². The van der Waals surface area contributed by atoms with Gasteiger partial charge in [0, 0.05) is 12.1 Å². The van der Waals surface area contributed by atoms with Crippen LogP contribution in [0.5, 0.6) is 11.5 Å². The number of ether oxygens (including phenoxy) is 2. The van der Waals surface area contributed by atoms with Gasteiger partial charge in [-0.05, 0) is 31.0 Å². The van der Waals surface area contributed by atoms with Crippen LogP contribution in [0, 0.1) is 12.8 Å². The highest BCUT2D eigenvalue weighted by Gasteiger charge is 2.19. The molecule has 1 aromatic rings. The molecule has 0 aromatic heterocycles. The third-order valence-electron chi connectivity index (χ3n) is 3.47. The highest BCUT2D eigenvalue weighted by Crippen LogP contribution is 2.30. The van der Waals surface area contributed by atoms with Crippen LogP contribution in [0.15, 0.2) is 12.1 Å². The van der Waals surface area contributed by atoms with E-state index in [1.54, 1.807) is 19.1 Å². The summed E-state index contributed by atoms with van der Waals surface area (Å²) in [5.74, 6) is -0.783. The van der Waals surface area contributed by atoms with Gasteiger partial charge in [0.1, 0.15) is 0 Å². The molecule has 0 aliphatic rings. The van der Waals surface area contributed by atoms with Crippen molar-refractivity contribution in [2.24, 2.45) is 5.92 Å². The fourth-order valence-corrected chi connectivity index (χ4v) is 2.20.